The van der Waals surface area contributed by atoms with Gasteiger partial charge in [0.05, 0.1) is 11.6 Å². The molecule has 1 atom stereocenters. The van der Waals surface area contributed by atoms with Gasteiger partial charge in [0.15, 0.2) is 11.5 Å². The molecule has 0 aliphatic heterocycles. The highest BCUT2D eigenvalue weighted by Gasteiger charge is 2.23. The molecular weight excluding hydrogens is 587 g/mol. The van der Waals surface area contributed by atoms with Crippen molar-refractivity contribution in [3.05, 3.63) is 72.8 Å². The molecule has 9 nitrogen and oxygen atoms in total. The Bertz CT molecular complexity index is 1370. The molecule has 1 N–H and O–H groups in total. The molecule has 0 aliphatic rings. The summed E-state index contributed by atoms with van der Waals surface area (Å²) in [6.45, 7) is -0.195. The number of hydrogen-bond acceptors (Lipinski definition) is 6. The summed E-state index contributed by atoms with van der Waals surface area (Å²) < 4.78 is 45.5. The molecule has 0 spiro atoms. The van der Waals surface area contributed by atoms with Crippen molar-refractivity contribution in [2.24, 2.45) is 0 Å². The first-order chi connectivity index (χ1) is 17.3. The largest absolute Gasteiger partial charge is 0.476 e. The Hall–Kier alpha value is -2.80. The molecule has 200 valence electrons. The van der Waals surface area contributed by atoms with Crippen molar-refractivity contribution < 1.29 is 32.6 Å². The van der Waals surface area contributed by atoms with Crippen molar-refractivity contribution in [2.45, 2.75) is 32.2 Å². The number of carbonyl (C=O) groups is 2. The van der Waals surface area contributed by atoms with Gasteiger partial charge in [-0.25, -0.2) is 23.5 Å². The highest BCUT2D eigenvalue weighted by Crippen LogP contribution is 2.25. The molecule has 1 unspecified atom stereocenters. The van der Waals surface area contributed by atoms with Gasteiger partial charge in [-0.3, -0.25) is 4.79 Å². The summed E-state index contributed by atoms with van der Waals surface area (Å²) in [5.41, 5.74) is -1.59. The Balaban J connectivity index is 0.000000364. The van der Waals surface area contributed by atoms with Crippen LogP contribution in [0.5, 0.6) is 0 Å². The van der Waals surface area contributed by atoms with Crippen molar-refractivity contribution in [3.8, 4) is 5.69 Å². The van der Waals surface area contributed by atoms with Crippen molar-refractivity contribution in [1.29, 1.82) is 0 Å². The molecule has 1 aromatic carbocycles. The van der Waals surface area contributed by atoms with Crippen molar-refractivity contribution >= 4 is 58.3 Å². The standard InChI is InChI=1S/C15H14Cl2F3N3O3.C6H3Cl2NO2/c1-3-26-13(24)10(17)4-8-5-12(11(18)6-9(8)16)23-15(25)22(14(19)20)7(2)21-23;7-3-1-2-4(8)9-5(3)6(10)11/h5-6,10,14H,3-4H2,1-2H3;1-2H,(H,10,11). The summed E-state index contributed by atoms with van der Waals surface area (Å²) in [4.78, 5) is 37.6. The van der Waals surface area contributed by atoms with Gasteiger partial charge in [-0.05, 0) is 43.7 Å². The molecule has 0 radical (unpaired) electrons. The fourth-order valence-corrected chi connectivity index (χ4v) is 3.63. The second-order valence-corrected chi connectivity index (χ2v) is 8.71. The maximum absolute atomic E-state index is 14.2. The van der Waals surface area contributed by atoms with E-state index in [2.05, 4.69) is 10.1 Å². The van der Waals surface area contributed by atoms with Crippen LogP contribution in [0.15, 0.2) is 29.1 Å². The Labute approximate surface area is 227 Å². The number of esters is 1. The van der Waals surface area contributed by atoms with Gasteiger partial charge in [-0.1, -0.05) is 34.8 Å². The number of ether oxygens (including phenoxy) is 1. The fourth-order valence-electron chi connectivity index (χ4n) is 2.83. The van der Waals surface area contributed by atoms with E-state index in [1.807, 2.05) is 0 Å². The fraction of sp³-hybridized carbons (Fsp3) is 0.286. The number of nitrogens with zero attached hydrogens (tertiary/aromatic N) is 4. The summed E-state index contributed by atoms with van der Waals surface area (Å²) in [6.07, 6.45) is -0.115. The van der Waals surface area contributed by atoms with Gasteiger partial charge in [0.25, 0.3) is 0 Å². The van der Waals surface area contributed by atoms with Crippen molar-refractivity contribution in [2.75, 3.05) is 6.61 Å². The number of carboxylic acids is 1. The molecule has 0 fully saturated rings. The lowest BCUT2D eigenvalue weighted by molar-refractivity contribution is -0.142. The maximum atomic E-state index is 14.2. The van der Waals surface area contributed by atoms with E-state index in [-0.39, 0.29) is 55.6 Å². The van der Waals surface area contributed by atoms with E-state index in [4.69, 9.17) is 56.2 Å². The number of aromatic carboxylic acids is 1. The van der Waals surface area contributed by atoms with Gasteiger partial charge in [0.1, 0.15) is 22.0 Å². The van der Waals surface area contributed by atoms with Crippen LogP contribution in [0.3, 0.4) is 0 Å². The smallest absolute Gasteiger partial charge is 0.356 e. The zero-order valence-corrected chi connectivity index (χ0v) is 21.9. The minimum absolute atomic E-state index is 0.0424. The van der Waals surface area contributed by atoms with Gasteiger partial charge in [-0.15, -0.1) is 16.7 Å². The van der Waals surface area contributed by atoms with E-state index in [1.165, 1.54) is 19.1 Å². The van der Waals surface area contributed by atoms with Crippen LogP contribution in [0.25, 0.3) is 5.69 Å². The molecule has 2 aromatic heterocycles. The lowest BCUT2D eigenvalue weighted by atomic mass is 10.1. The zero-order chi connectivity index (χ0) is 28.0. The van der Waals surface area contributed by atoms with Crippen LogP contribution in [-0.2, 0) is 16.0 Å². The third kappa shape index (κ3) is 7.60. The molecule has 0 amide bonds. The number of aryl methyl sites for hydroxylation is 1. The predicted molar refractivity (Wildman–Crippen MR) is 130 cm³/mol. The van der Waals surface area contributed by atoms with Crippen LogP contribution in [0.2, 0.25) is 15.2 Å². The number of carboxylic acid groups (broad SMARTS) is 1. The lowest BCUT2D eigenvalue weighted by Crippen LogP contribution is -2.25. The number of alkyl halides is 3. The molecular formula is C21H17Cl4F3N4O5. The quantitative estimate of drug-likeness (QED) is 0.220. The molecule has 0 bridgehead atoms. The topological polar surface area (TPSA) is 116 Å². The maximum Gasteiger partial charge on any atom is 0.356 e. The molecule has 0 saturated carbocycles. The van der Waals surface area contributed by atoms with E-state index in [1.54, 1.807) is 6.92 Å². The average molecular weight is 604 g/mol. The summed E-state index contributed by atoms with van der Waals surface area (Å²) in [6, 6.07) is 4.84. The van der Waals surface area contributed by atoms with Gasteiger partial charge < -0.3 is 9.84 Å². The summed E-state index contributed by atoms with van der Waals surface area (Å²) in [5.74, 6) is -3.10. The van der Waals surface area contributed by atoms with Crippen LogP contribution >= 0.6 is 46.4 Å². The van der Waals surface area contributed by atoms with E-state index in [9.17, 15) is 27.6 Å². The van der Waals surface area contributed by atoms with Gasteiger partial charge in [0, 0.05) is 11.4 Å². The first-order valence-electron chi connectivity index (χ1n) is 10.1. The van der Waals surface area contributed by atoms with Gasteiger partial charge in [0.2, 0.25) is 0 Å². The number of rotatable bonds is 7. The second kappa shape index (κ2) is 13.1. The summed E-state index contributed by atoms with van der Waals surface area (Å²) in [7, 11) is 0. The number of aromatic nitrogens is 4. The lowest BCUT2D eigenvalue weighted by Gasteiger charge is -2.12. The number of carbonyl (C=O) groups excluding carboxylic acids is 1. The molecule has 3 aromatic rings. The molecule has 16 heteroatoms. The van der Waals surface area contributed by atoms with E-state index in [0.29, 0.717) is 4.68 Å². The minimum atomic E-state index is -3.12. The van der Waals surface area contributed by atoms with Gasteiger partial charge >= 0.3 is 24.2 Å². The summed E-state index contributed by atoms with van der Waals surface area (Å²) >= 11 is 22.8. The van der Waals surface area contributed by atoms with E-state index >= 15 is 0 Å². The Kier molecular flexibility index (Phi) is 10.8. The number of pyridine rings is 1. The normalized spacial score (nSPS) is 11.6. The van der Waals surface area contributed by atoms with Crippen molar-refractivity contribution in [3.63, 3.8) is 0 Å². The molecule has 37 heavy (non-hydrogen) atoms. The first kappa shape index (κ1) is 30.4. The minimum Gasteiger partial charge on any atom is -0.476 e. The van der Waals surface area contributed by atoms with Gasteiger partial charge in [-0.2, -0.15) is 13.5 Å². The summed E-state index contributed by atoms with van der Waals surface area (Å²) in [5, 5.41) is 11.2. The van der Waals surface area contributed by atoms with Crippen LogP contribution in [0.4, 0.5) is 13.2 Å². The number of halogens is 7. The SMILES string of the molecule is CCOC(=O)C(Cl)Cc1cc(-n2nc(C)n(C(F)F)c2=O)c(F)cc1Cl.O=C(O)c1nc(Cl)ccc1Cl. The van der Waals surface area contributed by atoms with Crippen LogP contribution in [0.1, 0.15) is 35.3 Å². The monoisotopic (exact) mass is 602 g/mol. The average Bonchev–Trinajstić information content (AvgIpc) is 3.11. The predicted octanol–water partition coefficient (Wildman–Crippen LogP) is 5.33. The Morgan fingerprint density at radius 2 is 1.81 bits per heavy atom. The van der Waals surface area contributed by atoms with Crippen molar-refractivity contribution in [1.82, 2.24) is 19.3 Å². The Morgan fingerprint density at radius 1 is 1.16 bits per heavy atom. The van der Waals surface area contributed by atoms with Crippen LogP contribution in [0, 0.1) is 12.7 Å². The van der Waals surface area contributed by atoms with Crippen LogP contribution in [-0.4, -0.2) is 48.4 Å². The molecule has 0 aliphatic carbocycles. The molecule has 0 saturated heterocycles. The third-order valence-electron chi connectivity index (χ3n) is 4.48. The van der Waals surface area contributed by atoms with E-state index < -0.39 is 35.4 Å². The van der Waals surface area contributed by atoms with E-state index in [0.717, 1.165) is 12.1 Å². The second-order valence-electron chi connectivity index (χ2n) is 6.98. The number of benzene rings is 1. The van der Waals surface area contributed by atoms with Crippen LogP contribution < -0.4 is 5.69 Å². The number of hydrogen-bond donors (Lipinski definition) is 1. The zero-order valence-electron chi connectivity index (χ0n) is 18.9. The highest BCUT2D eigenvalue weighted by molar-refractivity contribution is 6.34. The Morgan fingerprint density at radius 3 is 2.32 bits per heavy atom. The molecule has 2 heterocycles. The highest BCUT2D eigenvalue weighted by atomic mass is 35.5. The third-order valence-corrected chi connectivity index (χ3v) is 5.68. The first-order valence-corrected chi connectivity index (χ1v) is 11.7. The molecule has 3 rings (SSSR count).